The fourth-order valence-electron chi connectivity index (χ4n) is 5.98. The van der Waals surface area contributed by atoms with E-state index in [-0.39, 0.29) is 19.4 Å². The number of ether oxygens (including phenoxy) is 2. The second-order valence-corrected chi connectivity index (χ2v) is 16.0. The lowest BCUT2D eigenvalue weighted by Crippen LogP contribution is -2.58. The summed E-state index contributed by atoms with van der Waals surface area (Å²) in [5, 5.41) is 5.13. The number of nitrogens with two attached hydrogens (primary N) is 1. The molecule has 0 unspecified atom stereocenters. The minimum atomic E-state index is -4.21. The van der Waals surface area contributed by atoms with Crippen LogP contribution in [0.2, 0.25) is 0 Å². The molecule has 1 aliphatic rings. The molecule has 1 aliphatic heterocycles. The van der Waals surface area contributed by atoms with Crippen LogP contribution in [0.4, 0.5) is 4.79 Å². The molecule has 0 spiro atoms. The number of rotatable bonds is 17. The summed E-state index contributed by atoms with van der Waals surface area (Å²) in [6, 6.07) is 21.8. The van der Waals surface area contributed by atoms with Crippen LogP contribution in [-0.2, 0) is 58.1 Å². The van der Waals surface area contributed by atoms with Crippen molar-refractivity contribution in [2.75, 3.05) is 12.3 Å². The van der Waals surface area contributed by atoms with E-state index in [2.05, 4.69) is 15.4 Å². The molecular weight excluding hydrogens is 715 g/mol. The minimum absolute atomic E-state index is 0.0339. The maximum absolute atomic E-state index is 14.0. The number of hydrogen-bond donors (Lipinski definition) is 4. The number of sulfonamides is 1. The van der Waals surface area contributed by atoms with Crippen LogP contribution in [-0.4, -0.2) is 85.2 Å². The summed E-state index contributed by atoms with van der Waals surface area (Å²) in [4.78, 5) is 67.0. The molecule has 15 heteroatoms. The van der Waals surface area contributed by atoms with E-state index >= 15 is 0 Å². The molecule has 290 valence electrons. The molecule has 54 heavy (non-hydrogen) atoms. The van der Waals surface area contributed by atoms with E-state index in [0.717, 1.165) is 5.56 Å². The number of carbonyl (C=O) groups is 5. The predicted molar refractivity (Wildman–Crippen MR) is 201 cm³/mol. The molecular formula is C39H49N5O9S. The van der Waals surface area contributed by atoms with Gasteiger partial charge in [-0.05, 0) is 56.7 Å². The summed E-state index contributed by atoms with van der Waals surface area (Å²) in [5.41, 5.74) is 6.77. The smallest absolute Gasteiger partial charge is 0.410 e. The Balaban J connectivity index is 1.52. The van der Waals surface area contributed by atoms with Crippen molar-refractivity contribution in [2.45, 2.75) is 89.3 Å². The van der Waals surface area contributed by atoms with Gasteiger partial charge in [0.25, 0.3) is 0 Å². The first-order valence-electron chi connectivity index (χ1n) is 17.8. The monoisotopic (exact) mass is 763 g/mol. The zero-order valence-corrected chi connectivity index (χ0v) is 31.6. The number of benzene rings is 3. The van der Waals surface area contributed by atoms with Crippen molar-refractivity contribution in [3.8, 4) is 0 Å². The third-order valence-electron chi connectivity index (χ3n) is 8.52. The number of carbonyl (C=O) groups excluding carboxylic acids is 5. The van der Waals surface area contributed by atoms with Gasteiger partial charge in [-0.2, -0.15) is 0 Å². The second kappa shape index (κ2) is 19.2. The molecule has 3 aromatic carbocycles. The van der Waals surface area contributed by atoms with Crippen molar-refractivity contribution in [1.82, 2.24) is 20.3 Å². The zero-order chi connectivity index (χ0) is 39.3. The highest BCUT2D eigenvalue weighted by atomic mass is 32.2. The largest absolute Gasteiger partial charge is 0.460 e. The lowest BCUT2D eigenvalue weighted by Gasteiger charge is -2.27. The minimum Gasteiger partial charge on any atom is -0.460 e. The summed E-state index contributed by atoms with van der Waals surface area (Å²) in [5.74, 6) is -3.87. The van der Waals surface area contributed by atoms with Gasteiger partial charge in [0.05, 0.1) is 18.2 Å². The van der Waals surface area contributed by atoms with E-state index < -0.39 is 81.7 Å². The molecule has 1 saturated heterocycles. The summed E-state index contributed by atoms with van der Waals surface area (Å²) in [6.45, 7) is 5.31. The molecule has 1 heterocycles. The van der Waals surface area contributed by atoms with E-state index in [0.29, 0.717) is 30.5 Å². The van der Waals surface area contributed by atoms with Gasteiger partial charge in [-0.3, -0.25) is 19.2 Å². The van der Waals surface area contributed by atoms with Crippen molar-refractivity contribution in [2.24, 2.45) is 5.73 Å². The van der Waals surface area contributed by atoms with Crippen LogP contribution in [0.5, 0.6) is 0 Å². The molecule has 3 aromatic rings. The van der Waals surface area contributed by atoms with Crippen LogP contribution >= 0.6 is 0 Å². The number of hydrogen-bond acceptors (Lipinski definition) is 9. The Hall–Kier alpha value is -5.28. The lowest BCUT2D eigenvalue weighted by molar-refractivity contribution is -0.156. The van der Waals surface area contributed by atoms with Gasteiger partial charge < -0.3 is 30.7 Å². The van der Waals surface area contributed by atoms with Crippen LogP contribution < -0.4 is 21.1 Å². The van der Waals surface area contributed by atoms with Crippen molar-refractivity contribution in [3.05, 3.63) is 108 Å². The maximum atomic E-state index is 14.0. The van der Waals surface area contributed by atoms with Gasteiger partial charge >= 0.3 is 12.1 Å². The van der Waals surface area contributed by atoms with Crippen LogP contribution in [0.3, 0.4) is 0 Å². The molecule has 0 saturated carbocycles. The van der Waals surface area contributed by atoms with E-state index in [1.165, 1.54) is 4.90 Å². The molecule has 4 rings (SSSR count). The number of esters is 1. The highest BCUT2D eigenvalue weighted by Crippen LogP contribution is 2.21. The quantitative estimate of drug-likeness (QED) is 0.149. The predicted octanol–water partition coefficient (Wildman–Crippen LogP) is 2.75. The third-order valence-corrected chi connectivity index (χ3v) is 9.98. The fourth-order valence-corrected chi connectivity index (χ4v) is 7.56. The topological polar surface area (TPSA) is 203 Å². The highest BCUT2D eigenvalue weighted by molar-refractivity contribution is 7.89. The second-order valence-electron chi connectivity index (χ2n) is 14.2. The molecule has 0 aliphatic carbocycles. The number of likely N-dealkylation sites (tertiary alicyclic amines) is 1. The molecule has 0 radical (unpaired) electrons. The normalized spacial score (nSPS) is 16.1. The van der Waals surface area contributed by atoms with Crippen molar-refractivity contribution in [3.63, 3.8) is 0 Å². The third kappa shape index (κ3) is 13.6. The Bertz CT molecular complexity index is 1840. The SMILES string of the molecule is CC(C)(C)OC(=O)C[C@H](NC(=O)[C@H](Cc1ccccc1)NC(=O)[C@H](Cc1ccccc1)NS(=O)(=O)C[C@@H]1CCCN1C(=O)OCc1ccccc1)C(N)=O. The first kappa shape index (κ1) is 41.5. The molecule has 14 nitrogen and oxygen atoms in total. The number of nitrogens with zero attached hydrogens (tertiary/aromatic N) is 1. The summed E-state index contributed by atoms with van der Waals surface area (Å²) in [6.07, 6.45) is -0.291. The molecule has 4 amide bonds. The fraction of sp³-hybridized carbons (Fsp3) is 0.410. The first-order valence-corrected chi connectivity index (χ1v) is 19.4. The zero-order valence-electron chi connectivity index (χ0n) is 30.7. The average molecular weight is 764 g/mol. The number of primary amides is 1. The van der Waals surface area contributed by atoms with Crippen molar-refractivity contribution >= 4 is 39.8 Å². The molecule has 5 N–H and O–H groups in total. The van der Waals surface area contributed by atoms with Crippen molar-refractivity contribution < 1.29 is 41.9 Å². The van der Waals surface area contributed by atoms with Gasteiger partial charge in [-0.15, -0.1) is 0 Å². The van der Waals surface area contributed by atoms with E-state index in [1.807, 2.05) is 30.3 Å². The van der Waals surface area contributed by atoms with Gasteiger partial charge in [0.1, 0.15) is 30.3 Å². The molecule has 0 aromatic heterocycles. The standard InChI is InChI=1S/C39H49N5O9S/c1-39(2,3)53-34(45)24-31(35(40)46)41-36(47)32(22-27-14-7-4-8-15-27)42-37(48)33(23-28-16-9-5-10-17-28)43-54(50,51)26-30-20-13-21-44(30)38(49)52-25-29-18-11-6-12-19-29/h4-12,14-19,30-33,43H,13,20-26H2,1-3H3,(H2,40,46)(H,41,47)(H,42,48)/t30-,31-,32-,33-/m0/s1. The van der Waals surface area contributed by atoms with Crippen LogP contribution in [0, 0.1) is 0 Å². The average Bonchev–Trinajstić information content (AvgIpc) is 3.57. The first-order chi connectivity index (χ1) is 25.6. The summed E-state index contributed by atoms with van der Waals surface area (Å²) >= 11 is 0. The van der Waals surface area contributed by atoms with Gasteiger partial charge in [0, 0.05) is 13.0 Å². The van der Waals surface area contributed by atoms with Gasteiger partial charge in [0.15, 0.2) is 0 Å². The van der Waals surface area contributed by atoms with Gasteiger partial charge in [0.2, 0.25) is 27.7 Å². The van der Waals surface area contributed by atoms with Crippen LogP contribution in [0.25, 0.3) is 0 Å². The maximum Gasteiger partial charge on any atom is 0.410 e. The summed E-state index contributed by atoms with van der Waals surface area (Å²) < 4.78 is 40.7. The number of nitrogens with one attached hydrogen (secondary N) is 3. The van der Waals surface area contributed by atoms with Crippen molar-refractivity contribution in [1.29, 1.82) is 0 Å². The van der Waals surface area contributed by atoms with E-state index in [4.69, 9.17) is 15.2 Å². The molecule has 0 bridgehead atoms. The Labute approximate surface area is 316 Å². The van der Waals surface area contributed by atoms with E-state index in [9.17, 15) is 32.4 Å². The lowest BCUT2D eigenvalue weighted by atomic mass is 10.0. The van der Waals surface area contributed by atoms with Gasteiger partial charge in [-0.25, -0.2) is 17.9 Å². The Kier molecular flexibility index (Phi) is 14.7. The Morgan fingerprint density at radius 3 is 1.81 bits per heavy atom. The molecule has 4 atom stereocenters. The summed E-state index contributed by atoms with van der Waals surface area (Å²) in [7, 11) is -4.21. The highest BCUT2D eigenvalue weighted by Gasteiger charge is 2.36. The van der Waals surface area contributed by atoms with Crippen LogP contribution in [0.15, 0.2) is 91.0 Å². The Morgan fingerprint density at radius 2 is 1.28 bits per heavy atom. The van der Waals surface area contributed by atoms with E-state index in [1.54, 1.807) is 81.4 Å². The van der Waals surface area contributed by atoms with Crippen LogP contribution in [0.1, 0.15) is 56.7 Å². The molecule has 1 fully saturated rings. The Morgan fingerprint density at radius 1 is 0.778 bits per heavy atom. The van der Waals surface area contributed by atoms with Gasteiger partial charge in [-0.1, -0.05) is 91.0 Å². The number of amides is 4.